The van der Waals surface area contributed by atoms with Crippen molar-refractivity contribution in [3.63, 3.8) is 0 Å². The zero-order valence-corrected chi connectivity index (χ0v) is 13.0. The highest BCUT2D eigenvalue weighted by Gasteiger charge is 2.35. The first-order chi connectivity index (χ1) is 9.34. The standard InChI is InChI=1S/C14H15ClN2O2S/c1-8-11(9-4-6-10(15)7-5-9)16(2)14(20)17(3)12(8)13(18)19/h4-7,11H,1-3H3,(H,18,19). The summed E-state index contributed by atoms with van der Waals surface area (Å²) in [6, 6.07) is 7.17. The average molecular weight is 311 g/mol. The van der Waals surface area contributed by atoms with Crippen LogP contribution in [0.3, 0.4) is 0 Å². The van der Waals surface area contributed by atoms with Crippen LogP contribution in [0.15, 0.2) is 35.5 Å². The Morgan fingerprint density at radius 2 is 1.85 bits per heavy atom. The number of benzene rings is 1. The first-order valence-corrected chi connectivity index (χ1v) is 6.83. The van der Waals surface area contributed by atoms with Crippen LogP contribution in [0, 0.1) is 0 Å². The molecule has 20 heavy (non-hydrogen) atoms. The first kappa shape index (κ1) is 14.8. The molecule has 4 nitrogen and oxygen atoms in total. The summed E-state index contributed by atoms with van der Waals surface area (Å²) in [5.74, 6) is -0.973. The van der Waals surface area contributed by atoms with Crippen molar-refractivity contribution < 1.29 is 9.90 Å². The second kappa shape index (κ2) is 5.42. The maximum absolute atomic E-state index is 11.5. The van der Waals surface area contributed by atoms with Gasteiger partial charge in [-0.1, -0.05) is 23.7 Å². The van der Waals surface area contributed by atoms with Gasteiger partial charge in [0, 0.05) is 19.1 Å². The minimum atomic E-state index is -0.973. The summed E-state index contributed by atoms with van der Waals surface area (Å²) in [5, 5.41) is 10.5. The van der Waals surface area contributed by atoms with E-state index in [0.29, 0.717) is 10.1 Å². The third kappa shape index (κ3) is 2.39. The highest BCUT2D eigenvalue weighted by Crippen LogP contribution is 2.35. The topological polar surface area (TPSA) is 43.8 Å². The third-order valence-electron chi connectivity index (χ3n) is 3.48. The van der Waals surface area contributed by atoms with Crippen molar-refractivity contribution in [3.8, 4) is 0 Å². The molecule has 0 amide bonds. The number of likely N-dealkylation sites (N-methyl/N-ethyl adjacent to an activating group) is 2. The van der Waals surface area contributed by atoms with Crippen LogP contribution in [0.4, 0.5) is 0 Å². The van der Waals surface area contributed by atoms with Gasteiger partial charge in [-0.25, -0.2) is 4.79 Å². The van der Waals surface area contributed by atoms with Crippen molar-refractivity contribution >= 4 is 34.9 Å². The highest BCUT2D eigenvalue weighted by molar-refractivity contribution is 7.80. The van der Waals surface area contributed by atoms with Crippen LogP contribution < -0.4 is 0 Å². The molecule has 0 saturated carbocycles. The van der Waals surface area contributed by atoms with Crippen LogP contribution in [0.2, 0.25) is 5.02 Å². The molecule has 0 aromatic heterocycles. The van der Waals surface area contributed by atoms with Gasteiger partial charge in [-0.3, -0.25) is 0 Å². The van der Waals surface area contributed by atoms with Crippen LogP contribution >= 0.6 is 23.8 Å². The minimum Gasteiger partial charge on any atom is -0.477 e. The summed E-state index contributed by atoms with van der Waals surface area (Å²) in [6.07, 6.45) is 0. The summed E-state index contributed by atoms with van der Waals surface area (Å²) in [6.45, 7) is 1.82. The predicted molar refractivity (Wildman–Crippen MR) is 82.7 cm³/mol. The molecule has 1 N–H and O–H groups in total. The fourth-order valence-corrected chi connectivity index (χ4v) is 2.88. The largest absolute Gasteiger partial charge is 0.477 e. The third-order valence-corrected chi connectivity index (χ3v) is 4.30. The van der Waals surface area contributed by atoms with Gasteiger partial charge in [0.15, 0.2) is 5.11 Å². The molecule has 1 heterocycles. The van der Waals surface area contributed by atoms with Crippen molar-refractivity contribution in [1.29, 1.82) is 0 Å². The van der Waals surface area contributed by atoms with Crippen LogP contribution in [0.5, 0.6) is 0 Å². The molecule has 1 aromatic rings. The Hall–Kier alpha value is -1.59. The van der Waals surface area contributed by atoms with Gasteiger partial charge in [-0.15, -0.1) is 0 Å². The van der Waals surface area contributed by atoms with E-state index in [0.717, 1.165) is 11.1 Å². The lowest BCUT2D eigenvalue weighted by Gasteiger charge is -2.41. The molecular weight excluding hydrogens is 296 g/mol. The second-order valence-electron chi connectivity index (χ2n) is 4.74. The number of carbonyl (C=O) groups is 1. The fraction of sp³-hybridized carbons (Fsp3) is 0.286. The fourth-order valence-electron chi connectivity index (χ4n) is 2.56. The van der Waals surface area contributed by atoms with Gasteiger partial charge in [-0.05, 0) is 42.4 Å². The van der Waals surface area contributed by atoms with E-state index < -0.39 is 5.97 Å². The minimum absolute atomic E-state index is 0.193. The number of hydrogen-bond acceptors (Lipinski definition) is 2. The molecule has 0 saturated heterocycles. The van der Waals surface area contributed by atoms with Crippen molar-refractivity contribution in [3.05, 3.63) is 46.1 Å². The number of halogens is 1. The van der Waals surface area contributed by atoms with Crippen molar-refractivity contribution in [2.24, 2.45) is 0 Å². The molecule has 0 bridgehead atoms. The number of rotatable bonds is 2. The van der Waals surface area contributed by atoms with E-state index in [1.54, 1.807) is 19.2 Å². The van der Waals surface area contributed by atoms with Gasteiger partial charge in [0.1, 0.15) is 5.70 Å². The molecular formula is C14H15ClN2O2S. The van der Waals surface area contributed by atoms with Gasteiger partial charge in [-0.2, -0.15) is 0 Å². The molecule has 1 aliphatic heterocycles. The smallest absolute Gasteiger partial charge is 0.352 e. The summed E-state index contributed by atoms with van der Waals surface area (Å²) in [4.78, 5) is 14.9. The lowest BCUT2D eigenvalue weighted by Crippen LogP contribution is -2.47. The van der Waals surface area contributed by atoms with Gasteiger partial charge >= 0.3 is 5.97 Å². The van der Waals surface area contributed by atoms with E-state index >= 15 is 0 Å². The number of nitrogens with zero attached hydrogens (tertiary/aromatic N) is 2. The van der Waals surface area contributed by atoms with Crippen LogP contribution in [-0.4, -0.2) is 40.1 Å². The van der Waals surface area contributed by atoms with Crippen molar-refractivity contribution in [2.75, 3.05) is 14.1 Å². The van der Waals surface area contributed by atoms with E-state index in [2.05, 4.69) is 0 Å². The molecule has 1 aromatic carbocycles. The van der Waals surface area contributed by atoms with Gasteiger partial charge in [0.25, 0.3) is 0 Å². The van der Waals surface area contributed by atoms with Crippen molar-refractivity contribution in [2.45, 2.75) is 13.0 Å². The Morgan fingerprint density at radius 3 is 2.35 bits per heavy atom. The number of aliphatic carboxylic acids is 1. The maximum Gasteiger partial charge on any atom is 0.352 e. The van der Waals surface area contributed by atoms with Gasteiger partial charge < -0.3 is 14.9 Å². The lowest BCUT2D eigenvalue weighted by molar-refractivity contribution is -0.134. The number of hydrogen-bond donors (Lipinski definition) is 1. The quantitative estimate of drug-likeness (QED) is 0.851. The molecule has 2 rings (SSSR count). The van der Waals surface area contributed by atoms with E-state index in [1.165, 1.54) is 4.90 Å². The Labute approximate surface area is 128 Å². The molecule has 106 valence electrons. The zero-order chi connectivity index (χ0) is 15.0. The summed E-state index contributed by atoms with van der Waals surface area (Å²) in [5.41, 5.74) is 1.94. The maximum atomic E-state index is 11.5. The SMILES string of the molecule is CC1=C(C(=O)O)N(C)C(=S)N(C)C1c1ccc(Cl)cc1. The molecule has 0 radical (unpaired) electrons. The summed E-state index contributed by atoms with van der Waals surface area (Å²) >= 11 is 11.2. The lowest BCUT2D eigenvalue weighted by atomic mass is 9.95. The van der Waals surface area contributed by atoms with E-state index in [1.807, 2.05) is 31.0 Å². The van der Waals surface area contributed by atoms with Crippen molar-refractivity contribution in [1.82, 2.24) is 9.80 Å². The van der Waals surface area contributed by atoms with Crippen LogP contribution in [-0.2, 0) is 4.79 Å². The van der Waals surface area contributed by atoms with E-state index in [9.17, 15) is 9.90 Å². The molecule has 0 fully saturated rings. The Morgan fingerprint density at radius 1 is 1.30 bits per heavy atom. The van der Waals surface area contributed by atoms with Gasteiger partial charge in [0.05, 0.1) is 6.04 Å². The summed E-state index contributed by atoms with van der Waals surface area (Å²) < 4.78 is 0. The van der Waals surface area contributed by atoms with E-state index in [4.69, 9.17) is 23.8 Å². The zero-order valence-electron chi connectivity index (χ0n) is 11.4. The van der Waals surface area contributed by atoms with E-state index in [-0.39, 0.29) is 11.7 Å². The monoisotopic (exact) mass is 310 g/mol. The van der Waals surface area contributed by atoms with Gasteiger partial charge in [0.2, 0.25) is 0 Å². The molecule has 1 aliphatic rings. The molecule has 1 atom stereocenters. The Bertz CT molecular complexity index is 598. The average Bonchev–Trinajstić information content (AvgIpc) is 2.38. The predicted octanol–water partition coefficient (Wildman–Crippen LogP) is 2.90. The number of carboxylic acids is 1. The molecule has 0 spiro atoms. The van der Waals surface area contributed by atoms with Crippen LogP contribution in [0.1, 0.15) is 18.5 Å². The number of thiocarbonyl (C=S) groups is 1. The Balaban J connectivity index is 2.58. The number of carboxylic acid groups (broad SMARTS) is 1. The first-order valence-electron chi connectivity index (χ1n) is 6.04. The normalized spacial score (nSPS) is 19.6. The molecule has 6 heteroatoms. The Kier molecular flexibility index (Phi) is 4.01. The molecule has 0 aliphatic carbocycles. The second-order valence-corrected chi connectivity index (χ2v) is 5.54. The summed E-state index contributed by atoms with van der Waals surface area (Å²) in [7, 11) is 3.53. The van der Waals surface area contributed by atoms with Crippen LogP contribution in [0.25, 0.3) is 0 Å². The molecule has 1 unspecified atom stereocenters. The highest BCUT2D eigenvalue weighted by atomic mass is 35.5.